The first-order valence-electron chi connectivity index (χ1n) is 10.3. The third-order valence-corrected chi connectivity index (χ3v) is 10.3. The van der Waals surface area contributed by atoms with Crippen molar-refractivity contribution in [1.82, 2.24) is 0 Å². The van der Waals surface area contributed by atoms with Crippen molar-refractivity contribution in [3.05, 3.63) is 35.9 Å². The summed E-state index contributed by atoms with van der Waals surface area (Å²) in [6.07, 6.45) is 8.06. The van der Waals surface area contributed by atoms with Gasteiger partial charge in [0.25, 0.3) is 0 Å². The zero-order valence-electron chi connectivity index (χ0n) is 17.5. The zero-order chi connectivity index (χ0) is 19.4. The summed E-state index contributed by atoms with van der Waals surface area (Å²) in [6.45, 7) is 12.7. The first-order chi connectivity index (χ1) is 12.5. The van der Waals surface area contributed by atoms with E-state index in [-0.39, 0.29) is 12.0 Å². The summed E-state index contributed by atoms with van der Waals surface area (Å²) in [7, 11) is -1.65. The van der Waals surface area contributed by atoms with Crippen LogP contribution in [0.4, 0.5) is 0 Å². The van der Waals surface area contributed by atoms with Crippen LogP contribution >= 0.6 is 0 Å². The second-order valence-electron chi connectivity index (χ2n) is 7.44. The highest BCUT2D eigenvalue weighted by atomic mass is 28.4. The SMILES string of the molecule is C#C[C@H](C)[C@@H](O[Si](CC)(CC)CC)[C@H](C)CCCOCc1ccccc1. The van der Waals surface area contributed by atoms with Gasteiger partial charge in [0, 0.05) is 12.5 Å². The third kappa shape index (κ3) is 7.27. The molecule has 3 heteroatoms. The van der Waals surface area contributed by atoms with E-state index in [0.29, 0.717) is 12.5 Å². The van der Waals surface area contributed by atoms with Crippen molar-refractivity contribution in [3.8, 4) is 12.3 Å². The van der Waals surface area contributed by atoms with Crippen molar-refractivity contribution >= 4 is 8.32 Å². The Hall–Kier alpha value is -1.08. The van der Waals surface area contributed by atoms with Gasteiger partial charge in [0.15, 0.2) is 8.32 Å². The number of hydrogen-bond acceptors (Lipinski definition) is 2. The molecule has 0 N–H and O–H groups in total. The Balaban J connectivity index is 2.50. The van der Waals surface area contributed by atoms with Crippen LogP contribution in [-0.2, 0) is 15.8 Å². The van der Waals surface area contributed by atoms with Crippen molar-refractivity contribution in [1.29, 1.82) is 0 Å². The predicted octanol–water partition coefficient (Wildman–Crippen LogP) is 6.28. The van der Waals surface area contributed by atoms with E-state index in [4.69, 9.17) is 15.6 Å². The van der Waals surface area contributed by atoms with Gasteiger partial charge in [-0.25, -0.2) is 0 Å². The molecular formula is C23H38O2Si. The van der Waals surface area contributed by atoms with Crippen molar-refractivity contribution < 1.29 is 9.16 Å². The van der Waals surface area contributed by atoms with Gasteiger partial charge in [0.1, 0.15) is 0 Å². The van der Waals surface area contributed by atoms with Crippen molar-refractivity contribution in [2.45, 2.75) is 78.3 Å². The molecule has 0 saturated heterocycles. The van der Waals surface area contributed by atoms with Crippen LogP contribution in [0.2, 0.25) is 18.1 Å². The summed E-state index contributed by atoms with van der Waals surface area (Å²) in [5.74, 6) is 3.55. The lowest BCUT2D eigenvalue weighted by Gasteiger charge is -2.37. The topological polar surface area (TPSA) is 18.5 Å². The van der Waals surface area contributed by atoms with E-state index < -0.39 is 8.32 Å². The standard InChI is InChI=1S/C23H38O2Si/c1-7-20(5)23(25-26(8-2,9-3)10-4)21(6)15-14-18-24-19-22-16-12-11-13-17-22/h1,11-13,16-17,20-21,23H,8-10,14-15,18-19H2,2-6H3/t20-,21+,23+/m0/s1. The van der Waals surface area contributed by atoms with E-state index in [2.05, 4.69) is 64.8 Å². The highest BCUT2D eigenvalue weighted by molar-refractivity contribution is 6.73. The van der Waals surface area contributed by atoms with Crippen LogP contribution in [0.15, 0.2) is 30.3 Å². The van der Waals surface area contributed by atoms with Crippen LogP contribution in [0.5, 0.6) is 0 Å². The largest absolute Gasteiger partial charge is 0.412 e. The van der Waals surface area contributed by atoms with Gasteiger partial charge in [-0.05, 0) is 49.4 Å². The maximum absolute atomic E-state index is 6.78. The fourth-order valence-corrected chi connectivity index (χ4v) is 6.54. The molecule has 0 spiro atoms. The van der Waals surface area contributed by atoms with Crippen LogP contribution < -0.4 is 0 Å². The van der Waals surface area contributed by atoms with E-state index in [9.17, 15) is 0 Å². The van der Waals surface area contributed by atoms with Crippen molar-refractivity contribution in [2.75, 3.05) is 6.61 Å². The average Bonchev–Trinajstić information content (AvgIpc) is 2.69. The zero-order valence-corrected chi connectivity index (χ0v) is 18.5. The molecule has 2 nitrogen and oxygen atoms in total. The smallest absolute Gasteiger partial charge is 0.192 e. The summed E-state index contributed by atoms with van der Waals surface area (Å²) in [5, 5.41) is 0. The Morgan fingerprint density at radius 2 is 1.65 bits per heavy atom. The molecule has 0 radical (unpaired) electrons. The highest BCUT2D eigenvalue weighted by Crippen LogP contribution is 2.30. The molecule has 0 fully saturated rings. The maximum atomic E-state index is 6.78. The van der Waals surface area contributed by atoms with E-state index in [0.717, 1.165) is 19.4 Å². The molecule has 1 aromatic carbocycles. The van der Waals surface area contributed by atoms with E-state index in [1.807, 2.05) is 6.07 Å². The minimum absolute atomic E-state index is 0.159. The molecule has 0 unspecified atom stereocenters. The third-order valence-electron chi connectivity index (χ3n) is 5.70. The molecule has 0 heterocycles. The molecule has 0 aliphatic rings. The molecule has 0 aromatic heterocycles. The minimum Gasteiger partial charge on any atom is -0.412 e. The predicted molar refractivity (Wildman–Crippen MR) is 115 cm³/mol. The number of benzene rings is 1. The maximum Gasteiger partial charge on any atom is 0.192 e. The van der Waals surface area contributed by atoms with Crippen molar-refractivity contribution in [2.24, 2.45) is 11.8 Å². The van der Waals surface area contributed by atoms with Gasteiger partial charge in [-0.2, -0.15) is 0 Å². The normalized spacial score (nSPS) is 15.2. The molecule has 3 atom stereocenters. The fourth-order valence-electron chi connectivity index (χ4n) is 3.53. The minimum atomic E-state index is -1.65. The molecule has 0 amide bonds. The van der Waals surface area contributed by atoms with E-state index in [1.165, 1.54) is 23.7 Å². The van der Waals surface area contributed by atoms with Crippen LogP contribution in [-0.4, -0.2) is 21.0 Å². The molecule has 0 saturated carbocycles. The Labute approximate surface area is 162 Å². The monoisotopic (exact) mass is 374 g/mol. The van der Waals surface area contributed by atoms with E-state index >= 15 is 0 Å². The molecule has 1 rings (SSSR count). The summed E-state index contributed by atoms with van der Waals surface area (Å²) in [5.41, 5.74) is 1.23. The molecule has 26 heavy (non-hydrogen) atoms. The van der Waals surface area contributed by atoms with Gasteiger partial charge in [-0.1, -0.05) is 58.0 Å². The molecule has 0 aliphatic heterocycles. The molecule has 0 aliphatic carbocycles. The van der Waals surface area contributed by atoms with Crippen LogP contribution in [0.1, 0.15) is 53.0 Å². The summed E-state index contributed by atoms with van der Waals surface area (Å²) < 4.78 is 12.6. The summed E-state index contributed by atoms with van der Waals surface area (Å²) in [6, 6.07) is 13.8. The lowest BCUT2D eigenvalue weighted by molar-refractivity contribution is 0.0777. The Morgan fingerprint density at radius 3 is 2.19 bits per heavy atom. The van der Waals surface area contributed by atoms with Crippen LogP contribution in [0.3, 0.4) is 0 Å². The number of hydrogen-bond donors (Lipinski definition) is 0. The number of rotatable bonds is 13. The van der Waals surface area contributed by atoms with Crippen molar-refractivity contribution in [3.63, 3.8) is 0 Å². The lowest BCUT2D eigenvalue weighted by atomic mass is 9.91. The molecular weight excluding hydrogens is 336 g/mol. The number of ether oxygens (including phenoxy) is 1. The van der Waals surface area contributed by atoms with Gasteiger partial charge in [-0.15, -0.1) is 12.3 Å². The highest BCUT2D eigenvalue weighted by Gasteiger charge is 2.35. The fraction of sp³-hybridized carbons (Fsp3) is 0.652. The Kier molecular flexibility index (Phi) is 10.9. The lowest BCUT2D eigenvalue weighted by Crippen LogP contribution is -2.44. The molecule has 146 valence electrons. The van der Waals surface area contributed by atoms with Gasteiger partial charge in [-0.3, -0.25) is 0 Å². The molecule has 1 aromatic rings. The first-order valence-corrected chi connectivity index (χ1v) is 12.8. The number of terminal acetylenes is 1. The Bertz CT molecular complexity index is 510. The summed E-state index contributed by atoms with van der Waals surface area (Å²) >= 11 is 0. The van der Waals surface area contributed by atoms with Crippen LogP contribution in [0, 0.1) is 24.2 Å². The van der Waals surface area contributed by atoms with Gasteiger partial charge >= 0.3 is 0 Å². The van der Waals surface area contributed by atoms with Gasteiger partial charge < -0.3 is 9.16 Å². The first kappa shape index (κ1) is 23.0. The van der Waals surface area contributed by atoms with E-state index in [1.54, 1.807) is 0 Å². The average molecular weight is 375 g/mol. The molecule has 0 bridgehead atoms. The van der Waals surface area contributed by atoms with Gasteiger partial charge in [0.2, 0.25) is 0 Å². The van der Waals surface area contributed by atoms with Crippen LogP contribution in [0.25, 0.3) is 0 Å². The second kappa shape index (κ2) is 12.3. The summed E-state index contributed by atoms with van der Waals surface area (Å²) in [4.78, 5) is 0. The Morgan fingerprint density at radius 1 is 1.04 bits per heavy atom. The second-order valence-corrected chi connectivity index (χ2v) is 12.2. The van der Waals surface area contributed by atoms with Gasteiger partial charge in [0.05, 0.1) is 12.7 Å². The quantitative estimate of drug-likeness (QED) is 0.230.